The van der Waals surface area contributed by atoms with Crippen LogP contribution >= 0.6 is 11.3 Å². The number of fused-ring (bicyclic) bond motifs is 5. The number of nitrogens with zero attached hydrogens (tertiary/aromatic N) is 1. The van der Waals surface area contributed by atoms with Gasteiger partial charge in [0.25, 0.3) is 0 Å². The van der Waals surface area contributed by atoms with Gasteiger partial charge in [0, 0.05) is 37.1 Å². The Kier molecular flexibility index (Phi) is 8.42. The summed E-state index contributed by atoms with van der Waals surface area (Å²) in [6.45, 7) is 0. The van der Waals surface area contributed by atoms with E-state index in [2.05, 4.69) is 229 Å². The molecule has 0 aliphatic rings. The molecule has 2 heteroatoms. The van der Waals surface area contributed by atoms with Crippen LogP contribution in [0.25, 0.3) is 86.2 Å². The van der Waals surface area contributed by atoms with Gasteiger partial charge < -0.3 is 4.90 Å². The maximum atomic E-state index is 2.45. The molecule has 11 rings (SSSR count). The van der Waals surface area contributed by atoms with E-state index in [0.717, 1.165) is 17.1 Å². The Morgan fingerprint density at radius 3 is 1.67 bits per heavy atom. The van der Waals surface area contributed by atoms with Crippen molar-refractivity contribution >= 4 is 70.1 Å². The molecule has 0 fully saturated rings. The lowest BCUT2D eigenvalue weighted by atomic mass is 9.95. The van der Waals surface area contributed by atoms with Crippen LogP contribution in [0.3, 0.4) is 0 Å². The lowest BCUT2D eigenvalue weighted by Gasteiger charge is -2.29. The summed E-state index contributed by atoms with van der Waals surface area (Å²) < 4.78 is 2.58. The molecule has 0 aliphatic carbocycles. The highest BCUT2D eigenvalue weighted by Gasteiger charge is 2.20. The average Bonchev–Trinajstić information content (AvgIpc) is 3.67. The van der Waals surface area contributed by atoms with Crippen molar-refractivity contribution in [3.63, 3.8) is 0 Å². The van der Waals surface area contributed by atoms with E-state index >= 15 is 0 Å². The number of thiophene rings is 1. The topological polar surface area (TPSA) is 3.24 Å². The van der Waals surface area contributed by atoms with Crippen LogP contribution in [0.4, 0.5) is 17.1 Å². The van der Waals surface area contributed by atoms with Gasteiger partial charge in [-0.15, -0.1) is 11.3 Å². The number of benzene rings is 10. The molecule has 11 aromatic rings. The molecule has 0 spiro atoms. The molecule has 0 saturated carbocycles. The van der Waals surface area contributed by atoms with Crippen molar-refractivity contribution in [2.45, 2.75) is 0 Å². The second kappa shape index (κ2) is 14.4. The van der Waals surface area contributed by atoms with Crippen molar-refractivity contribution in [2.75, 3.05) is 4.90 Å². The first-order valence-corrected chi connectivity index (χ1v) is 20.6. The number of hydrogen-bond donors (Lipinski definition) is 0. The summed E-state index contributed by atoms with van der Waals surface area (Å²) in [5.74, 6) is 0. The Morgan fingerprint density at radius 2 is 0.845 bits per heavy atom. The monoisotopic (exact) mass is 755 g/mol. The van der Waals surface area contributed by atoms with Crippen LogP contribution in [0.5, 0.6) is 0 Å². The quantitative estimate of drug-likeness (QED) is 0.157. The molecule has 0 amide bonds. The summed E-state index contributed by atoms with van der Waals surface area (Å²) in [6.07, 6.45) is 0. The zero-order chi connectivity index (χ0) is 38.4. The summed E-state index contributed by atoms with van der Waals surface area (Å²) >= 11 is 1.86. The Bertz CT molecular complexity index is 3260. The number of hydrogen-bond acceptors (Lipinski definition) is 2. The third-order valence-electron chi connectivity index (χ3n) is 11.5. The molecule has 0 saturated heterocycles. The van der Waals surface area contributed by atoms with Crippen LogP contribution in [0, 0.1) is 0 Å². The summed E-state index contributed by atoms with van der Waals surface area (Å²) in [5, 5.41) is 7.61. The Labute approximate surface area is 342 Å². The molecule has 10 aromatic carbocycles. The highest BCUT2D eigenvalue weighted by Crippen LogP contribution is 2.46. The lowest BCUT2D eigenvalue weighted by molar-refractivity contribution is 1.29. The van der Waals surface area contributed by atoms with Gasteiger partial charge in [0.2, 0.25) is 0 Å². The minimum atomic E-state index is 1.10. The lowest BCUT2D eigenvalue weighted by Crippen LogP contribution is -2.11. The van der Waals surface area contributed by atoms with Gasteiger partial charge in [0.15, 0.2) is 0 Å². The summed E-state index contributed by atoms with van der Waals surface area (Å²) in [7, 11) is 0. The van der Waals surface area contributed by atoms with Gasteiger partial charge in [-0.25, -0.2) is 0 Å². The molecule has 0 unspecified atom stereocenters. The zero-order valence-electron chi connectivity index (χ0n) is 31.7. The standard InChI is InChI=1S/C56H37NS/c1-2-12-42(13-3-1)51-33-29-46(45-26-23-38-11-4-5-15-44(38)35-45)36-54(51)57(48-32-34-53-52-18-8-9-20-55(52)58-56(53)37-48)47-30-27-40(28-31-47)39-21-24-43(25-22-39)50-19-10-16-41-14-6-7-17-49(41)50/h1-37H. The highest BCUT2D eigenvalue weighted by atomic mass is 32.1. The fourth-order valence-corrected chi connectivity index (χ4v) is 9.67. The third-order valence-corrected chi connectivity index (χ3v) is 12.6. The van der Waals surface area contributed by atoms with Crippen LogP contribution in [-0.2, 0) is 0 Å². The predicted octanol–water partition coefficient (Wildman–Crippen LogP) is 16.5. The van der Waals surface area contributed by atoms with E-state index in [1.807, 2.05) is 11.3 Å². The molecule has 0 radical (unpaired) electrons. The van der Waals surface area contributed by atoms with Gasteiger partial charge in [-0.1, -0.05) is 182 Å². The predicted molar refractivity (Wildman–Crippen MR) is 251 cm³/mol. The Morgan fingerprint density at radius 1 is 0.276 bits per heavy atom. The summed E-state index contributed by atoms with van der Waals surface area (Å²) in [4.78, 5) is 2.45. The maximum Gasteiger partial charge on any atom is 0.0546 e. The van der Waals surface area contributed by atoms with Crippen molar-refractivity contribution in [1.29, 1.82) is 0 Å². The molecular formula is C56H37NS. The zero-order valence-corrected chi connectivity index (χ0v) is 32.5. The van der Waals surface area contributed by atoms with Gasteiger partial charge in [-0.05, 0) is 103 Å². The molecule has 1 heterocycles. The number of anilines is 3. The Hall–Kier alpha value is -7.26. The fraction of sp³-hybridized carbons (Fsp3) is 0. The SMILES string of the molecule is c1ccc(-c2ccc(-c3ccc4ccccc4c3)cc2N(c2ccc(-c3ccc(-c4cccc5ccccc45)cc3)cc2)c2ccc3c(c2)sc2ccccc23)cc1. The van der Waals surface area contributed by atoms with Crippen LogP contribution < -0.4 is 4.90 Å². The summed E-state index contributed by atoms with van der Waals surface area (Å²) in [6, 6.07) is 82.1. The van der Waals surface area contributed by atoms with Gasteiger partial charge in [-0.2, -0.15) is 0 Å². The van der Waals surface area contributed by atoms with Crippen molar-refractivity contribution in [3.05, 3.63) is 224 Å². The molecule has 272 valence electrons. The van der Waals surface area contributed by atoms with Crippen molar-refractivity contribution < 1.29 is 0 Å². The van der Waals surface area contributed by atoms with Crippen LogP contribution in [0.2, 0.25) is 0 Å². The molecular weight excluding hydrogens is 719 g/mol. The van der Waals surface area contributed by atoms with E-state index in [1.165, 1.54) is 86.2 Å². The molecule has 0 atom stereocenters. The molecule has 0 bridgehead atoms. The second-order valence-corrected chi connectivity index (χ2v) is 16.0. The van der Waals surface area contributed by atoms with Gasteiger partial charge in [0.05, 0.1) is 5.69 Å². The van der Waals surface area contributed by atoms with Gasteiger partial charge >= 0.3 is 0 Å². The normalized spacial score (nSPS) is 11.4. The Balaban J connectivity index is 1.05. The van der Waals surface area contributed by atoms with Crippen molar-refractivity contribution in [2.24, 2.45) is 0 Å². The molecule has 0 aliphatic heterocycles. The maximum absolute atomic E-state index is 2.45. The minimum absolute atomic E-state index is 1.10. The van der Waals surface area contributed by atoms with Crippen LogP contribution in [0.15, 0.2) is 224 Å². The van der Waals surface area contributed by atoms with Crippen LogP contribution in [0.1, 0.15) is 0 Å². The smallest absolute Gasteiger partial charge is 0.0546 e. The molecule has 0 N–H and O–H groups in total. The molecule has 58 heavy (non-hydrogen) atoms. The van der Waals surface area contributed by atoms with E-state index in [9.17, 15) is 0 Å². The number of rotatable bonds is 7. The van der Waals surface area contributed by atoms with Gasteiger partial charge in [0.1, 0.15) is 0 Å². The van der Waals surface area contributed by atoms with E-state index in [4.69, 9.17) is 0 Å². The molecule has 1 nitrogen and oxygen atoms in total. The first kappa shape index (κ1) is 34.0. The molecule has 1 aromatic heterocycles. The largest absolute Gasteiger partial charge is 0.310 e. The highest BCUT2D eigenvalue weighted by molar-refractivity contribution is 7.25. The summed E-state index contributed by atoms with van der Waals surface area (Å²) in [5.41, 5.74) is 12.9. The van der Waals surface area contributed by atoms with E-state index in [-0.39, 0.29) is 0 Å². The van der Waals surface area contributed by atoms with E-state index in [0.29, 0.717) is 0 Å². The van der Waals surface area contributed by atoms with Crippen LogP contribution in [-0.4, -0.2) is 0 Å². The third kappa shape index (κ3) is 6.12. The fourth-order valence-electron chi connectivity index (χ4n) is 8.53. The van der Waals surface area contributed by atoms with E-state index < -0.39 is 0 Å². The first-order chi connectivity index (χ1) is 28.7. The second-order valence-electron chi connectivity index (χ2n) is 14.9. The minimum Gasteiger partial charge on any atom is -0.310 e. The average molecular weight is 756 g/mol. The van der Waals surface area contributed by atoms with Crippen molar-refractivity contribution in [3.8, 4) is 44.5 Å². The van der Waals surface area contributed by atoms with Crippen molar-refractivity contribution in [1.82, 2.24) is 0 Å². The van der Waals surface area contributed by atoms with E-state index in [1.54, 1.807) is 0 Å². The first-order valence-electron chi connectivity index (χ1n) is 19.8. The van der Waals surface area contributed by atoms with Gasteiger partial charge in [-0.3, -0.25) is 0 Å².